The predicted octanol–water partition coefficient (Wildman–Crippen LogP) is 4.34. The van der Waals surface area contributed by atoms with E-state index >= 15 is 0 Å². The summed E-state index contributed by atoms with van der Waals surface area (Å²) in [6.45, 7) is 3.87. The largest absolute Gasteiger partial charge is 0.382 e. The first-order chi connectivity index (χ1) is 10.1. The van der Waals surface area contributed by atoms with Crippen LogP contribution in [0.2, 0.25) is 0 Å². The van der Waals surface area contributed by atoms with Crippen molar-refractivity contribution in [2.24, 2.45) is 0 Å². The van der Waals surface area contributed by atoms with Crippen molar-refractivity contribution in [1.29, 1.82) is 0 Å². The molecule has 0 bridgehead atoms. The highest BCUT2D eigenvalue weighted by Crippen LogP contribution is 2.23. The molecule has 0 aliphatic carbocycles. The predicted molar refractivity (Wildman–Crippen MR) is 85.7 cm³/mol. The summed E-state index contributed by atoms with van der Waals surface area (Å²) in [6, 6.07) is 15.8. The Balaban J connectivity index is 2.11. The fourth-order valence-electron chi connectivity index (χ4n) is 2.33. The molecule has 0 saturated heterocycles. The summed E-state index contributed by atoms with van der Waals surface area (Å²) >= 11 is 0. The van der Waals surface area contributed by atoms with Crippen LogP contribution >= 0.6 is 0 Å². The van der Waals surface area contributed by atoms with Gasteiger partial charge in [0.15, 0.2) is 0 Å². The van der Waals surface area contributed by atoms with Gasteiger partial charge in [-0.05, 0) is 31.4 Å². The van der Waals surface area contributed by atoms with E-state index in [2.05, 4.69) is 24.4 Å². The normalized spacial score (nSPS) is 11.9. The topological polar surface area (TPSA) is 55.2 Å². The summed E-state index contributed by atoms with van der Waals surface area (Å²) in [5.74, 6) is 0. The number of benzene rings is 2. The molecule has 0 saturated carbocycles. The van der Waals surface area contributed by atoms with E-state index in [-0.39, 0.29) is 16.7 Å². The molecule has 0 aromatic heterocycles. The number of aryl methyl sites for hydroxylation is 1. The van der Waals surface area contributed by atoms with E-state index in [1.807, 2.05) is 24.3 Å². The first kappa shape index (κ1) is 15.0. The minimum atomic E-state index is -0.335. The van der Waals surface area contributed by atoms with Crippen LogP contribution in [-0.2, 0) is 6.42 Å². The molecule has 1 atom stereocenters. The Morgan fingerprint density at radius 3 is 2.52 bits per heavy atom. The highest BCUT2D eigenvalue weighted by molar-refractivity contribution is 5.55. The second kappa shape index (κ2) is 6.88. The van der Waals surface area contributed by atoms with Crippen molar-refractivity contribution in [2.45, 2.75) is 32.7 Å². The Hall–Kier alpha value is -2.36. The van der Waals surface area contributed by atoms with Crippen LogP contribution in [0.1, 0.15) is 24.5 Å². The Kier molecular flexibility index (Phi) is 4.93. The summed E-state index contributed by atoms with van der Waals surface area (Å²) in [6.07, 6.45) is 1.86. The van der Waals surface area contributed by atoms with Crippen molar-refractivity contribution in [3.05, 3.63) is 69.8 Å². The molecule has 2 rings (SSSR count). The quantitative estimate of drug-likeness (QED) is 0.634. The number of nitrogens with one attached hydrogen (secondary N) is 1. The maximum atomic E-state index is 11.0. The standard InChI is InChI=1S/C17H20N2O2/c1-3-15(11-14-7-5-4-6-8-14)18-16-10-9-13(2)17(12-16)19(20)21/h4-10,12,15,18H,3,11H2,1-2H3. The van der Waals surface area contributed by atoms with Gasteiger partial charge in [-0.1, -0.05) is 43.3 Å². The van der Waals surface area contributed by atoms with Crippen molar-refractivity contribution in [2.75, 3.05) is 5.32 Å². The van der Waals surface area contributed by atoms with Gasteiger partial charge in [-0.25, -0.2) is 0 Å². The van der Waals surface area contributed by atoms with Crippen LogP contribution in [0.25, 0.3) is 0 Å². The Morgan fingerprint density at radius 2 is 1.90 bits per heavy atom. The van der Waals surface area contributed by atoms with E-state index in [9.17, 15) is 10.1 Å². The highest BCUT2D eigenvalue weighted by atomic mass is 16.6. The van der Waals surface area contributed by atoms with Gasteiger partial charge in [-0.15, -0.1) is 0 Å². The molecule has 0 aliphatic heterocycles. The van der Waals surface area contributed by atoms with Crippen LogP contribution in [0.4, 0.5) is 11.4 Å². The Labute approximate surface area is 125 Å². The number of nitro groups is 1. The van der Waals surface area contributed by atoms with E-state index in [0.29, 0.717) is 5.56 Å². The van der Waals surface area contributed by atoms with Gasteiger partial charge in [0.1, 0.15) is 0 Å². The van der Waals surface area contributed by atoms with E-state index in [1.54, 1.807) is 19.1 Å². The number of hydrogen-bond acceptors (Lipinski definition) is 3. The zero-order valence-corrected chi connectivity index (χ0v) is 12.4. The second-order valence-electron chi connectivity index (χ2n) is 5.20. The van der Waals surface area contributed by atoms with Gasteiger partial charge >= 0.3 is 0 Å². The monoisotopic (exact) mass is 284 g/mol. The van der Waals surface area contributed by atoms with Gasteiger partial charge in [-0.2, -0.15) is 0 Å². The molecule has 0 aliphatic rings. The fourth-order valence-corrected chi connectivity index (χ4v) is 2.33. The lowest BCUT2D eigenvalue weighted by Gasteiger charge is -2.18. The second-order valence-corrected chi connectivity index (χ2v) is 5.20. The third-order valence-electron chi connectivity index (χ3n) is 3.59. The third kappa shape index (κ3) is 4.05. The lowest BCUT2D eigenvalue weighted by Crippen LogP contribution is -2.21. The van der Waals surface area contributed by atoms with Crippen molar-refractivity contribution in [3.63, 3.8) is 0 Å². The first-order valence-corrected chi connectivity index (χ1v) is 7.15. The SMILES string of the molecule is CCC(Cc1ccccc1)Nc1ccc(C)c([N+](=O)[O-])c1. The lowest BCUT2D eigenvalue weighted by atomic mass is 10.0. The van der Waals surface area contributed by atoms with E-state index in [0.717, 1.165) is 18.5 Å². The maximum absolute atomic E-state index is 11.0. The smallest absolute Gasteiger partial charge is 0.274 e. The molecular formula is C17H20N2O2. The minimum absolute atomic E-state index is 0.162. The van der Waals surface area contributed by atoms with Crippen LogP contribution < -0.4 is 5.32 Å². The zero-order chi connectivity index (χ0) is 15.2. The molecule has 0 spiro atoms. The lowest BCUT2D eigenvalue weighted by molar-refractivity contribution is -0.385. The molecule has 1 N–H and O–H groups in total. The van der Waals surface area contributed by atoms with Crippen LogP contribution in [0, 0.1) is 17.0 Å². The number of hydrogen-bond donors (Lipinski definition) is 1. The average Bonchev–Trinajstić information content (AvgIpc) is 2.49. The number of rotatable bonds is 6. The third-order valence-corrected chi connectivity index (χ3v) is 3.59. The fraction of sp³-hybridized carbons (Fsp3) is 0.294. The molecule has 2 aromatic rings. The molecule has 0 amide bonds. The molecule has 0 radical (unpaired) electrons. The van der Waals surface area contributed by atoms with E-state index in [4.69, 9.17) is 0 Å². The summed E-state index contributed by atoms with van der Waals surface area (Å²) < 4.78 is 0. The summed E-state index contributed by atoms with van der Waals surface area (Å²) in [5.41, 5.74) is 2.91. The van der Waals surface area contributed by atoms with Gasteiger partial charge in [0.05, 0.1) is 4.92 Å². The van der Waals surface area contributed by atoms with Crippen molar-refractivity contribution < 1.29 is 4.92 Å². The van der Waals surface area contributed by atoms with E-state index < -0.39 is 0 Å². The molecular weight excluding hydrogens is 264 g/mol. The Bertz CT molecular complexity index is 611. The van der Waals surface area contributed by atoms with Gasteiger partial charge in [0.25, 0.3) is 5.69 Å². The molecule has 1 unspecified atom stereocenters. The van der Waals surface area contributed by atoms with Gasteiger partial charge in [0.2, 0.25) is 0 Å². The minimum Gasteiger partial charge on any atom is -0.382 e. The van der Waals surface area contributed by atoms with Gasteiger partial charge in [0, 0.05) is 23.4 Å². The zero-order valence-electron chi connectivity index (χ0n) is 12.4. The van der Waals surface area contributed by atoms with Crippen molar-refractivity contribution in [3.8, 4) is 0 Å². The molecule has 4 heteroatoms. The van der Waals surface area contributed by atoms with Crippen molar-refractivity contribution >= 4 is 11.4 Å². The summed E-state index contributed by atoms with van der Waals surface area (Å²) in [7, 11) is 0. The molecule has 2 aromatic carbocycles. The van der Waals surface area contributed by atoms with Crippen LogP contribution in [-0.4, -0.2) is 11.0 Å². The summed E-state index contributed by atoms with van der Waals surface area (Å²) in [5, 5.41) is 14.4. The molecule has 0 fully saturated rings. The van der Waals surface area contributed by atoms with Crippen LogP contribution in [0.15, 0.2) is 48.5 Å². The first-order valence-electron chi connectivity index (χ1n) is 7.15. The van der Waals surface area contributed by atoms with E-state index in [1.165, 1.54) is 5.56 Å². The summed E-state index contributed by atoms with van der Waals surface area (Å²) in [4.78, 5) is 10.7. The average molecular weight is 284 g/mol. The van der Waals surface area contributed by atoms with Crippen LogP contribution in [0.3, 0.4) is 0 Å². The van der Waals surface area contributed by atoms with Crippen LogP contribution in [0.5, 0.6) is 0 Å². The maximum Gasteiger partial charge on any atom is 0.274 e. The molecule has 110 valence electrons. The van der Waals surface area contributed by atoms with Crippen molar-refractivity contribution in [1.82, 2.24) is 0 Å². The number of anilines is 1. The molecule has 4 nitrogen and oxygen atoms in total. The number of nitrogens with zero attached hydrogens (tertiary/aromatic N) is 1. The number of nitro benzene ring substituents is 1. The van der Waals surface area contributed by atoms with Gasteiger partial charge in [-0.3, -0.25) is 10.1 Å². The highest BCUT2D eigenvalue weighted by Gasteiger charge is 2.13. The molecule has 21 heavy (non-hydrogen) atoms. The molecule has 0 heterocycles. The van der Waals surface area contributed by atoms with Gasteiger partial charge < -0.3 is 5.32 Å². The Morgan fingerprint density at radius 1 is 1.19 bits per heavy atom.